The van der Waals surface area contributed by atoms with Gasteiger partial charge in [0.15, 0.2) is 0 Å². The van der Waals surface area contributed by atoms with Crippen LogP contribution < -0.4 is 5.73 Å². The van der Waals surface area contributed by atoms with E-state index in [0.717, 1.165) is 26.6 Å². The average molecular weight is 355 g/mol. The van der Waals surface area contributed by atoms with Crippen molar-refractivity contribution in [2.24, 2.45) is 0 Å². The highest BCUT2D eigenvalue weighted by Gasteiger charge is 2.01. The molecule has 0 aliphatic carbocycles. The van der Waals surface area contributed by atoms with Gasteiger partial charge in [0.05, 0.1) is 0 Å². The highest BCUT2D eigenvalue weighted by Crippen LogP contribution is 2.23. The van der Waals surface area contributed by atoms with Crippen LogP contribution in [-0.2, 0) is 6.42 Å². The van der Waals surface area contributed by atoms with Gasteiger partial charge in [-0.25, -0.2) is 0 Å². The molecule has 0 heterocycles. The summed E-state index contributed by atoms with van der Waals surface area (Å²) in [4.78, 5) is 0. The molecule has 88 valence electrons. The lowest BCUT2D eigenvalue weighted by molar-refractivity contribution is 1.18. The fourth-order valence-corrected chi connectivity index (χ4v) is 3.18. The Bertz CT molecular complexity index is 530. The van der Waals surface area contributed by atoms with E-state index in [-0.39, 0.29) is 0 Å². The third-order valence-electron chi connectivity index (χ3n) is 2.66. The van der Waals surface area contributed by atoms with Crippen molar-refractivity contribution >= 4 is 37.5 Å². The van der Waals surface area contributed by atoms with E-state index in [1.54, 1.807) is 0 Å². The maximum Gasteiger partial charge on any atom is 0.0343 e. The normalized spacial score (nSPS) is 10.5. The lowest BCUT2D eigenvalue weighted by Gasteiger charge is -2.06. The van der Waals surface area contributed by atoms with E-state index in [9.17, 15) is 0 Å². The minimum Gasteiger partial charge on any atom is -0.399 e. The summed E-state index contributed by atoms with van der Waals surface area (Å²) in [7, 11) is 0. The molecule has 2 aromatic carbocycles. The van der Waals surface area contributed by atoms with Crippen molar-refractivity contribution in [3.63, 3.8) is 0 Å². The zero-order chi connectivity index (χ0) is 12.4. The second kappa shape index (κ2) is 5.23. The van der Waals surface area contributed by atoms with Crippen LogP contribution in [0, 0.1) is 6.92 Å². The number of nitrogen functional groups attached to an aromatic ring is 1. The van der Waals surface area contributed by atoms with Gasteiger partial charge < -0.3 is 5.73 Å². The molecule has 17 heavy (non-hydrogen) atoms. The molecule has 0 spiro atoms. The van der Waals surface area contributed by atoms with Crippen molar-refractivity contribution in [2.45, 2.75) is 13.3 Å². The molecular weight excluding hydrogens is 342 g/mol. The smallest absolute Gasteiger partial charge is 0.0343 e. The Morgan fingerprint density at radius 3 is 2.18 bits per heavy atom. The Hall–Kier alpha value is -0.800. The first-order valence-electron chi connectivity index (χ1n) is 5.34. The molecule has 0 aromatic heterocycles. The molecule has 2 aromatic rings. The first-order chi connectivity index (χ1) is 8.04. The van der Waals surface area contributed by atoms with Crippen LogP contribution in [0.2, 0.25) is 0 Å². The van der Waals surface area contributed by atoms with Gasteiger partial charge in [0.1, 0.15) is 0 Å². The summed E-state index contributed by atoms with van der Waals surface area (Å²) in [5, 5.41) is 0. The van der Waals surface area contributed by atoms with Crippen LogP contribution in [0.4, 0.5) is 5.69 Å². The van der Waals surface area contributed by atoms with Crippen LogP contribution in [-0.4, -0.2) is 0 Å². The number of nitrogens with two attached hydrogens (primary N) is 1. The van der Waals surface area contributed by atoms with Crippen molar-refractivity contribution in [3.8, 4) is 0 Å². The van der Waals surface area contributed by atoms with Crippen LogP contribution in [0.5, 0.6) is 0 Å². The Morgan fingerprint density at radius 1 is 0.941 bits per heavy atom. The molecule has 0 amide bonds. The molecule has 3 heteroatoms. The van der Waals surface area contributed by atoms with Crippen LogP contribution >= 0.6 is 31.9 Å². The molecule has 0 saturated carbocycles. The summed E-state index contributed by atoms with van der Waals surface area (Å²) in [6.45, 7) is 2.04. The monoisotopic (exact) mass is 353 g/mol. The third-order valence-corrected chi connectivity index (χ3v) is 3.58. The summed E-state index contributed by atoms with van der Waals surface area (Å²) in [5.41, 5.74) is 10.4. The zero-order valence-electron chi connectivity index (χ0n) is 9.50. The molecule has 0 atom stereocenters. The summed E-state index contributed by atoms with van der Waals surface area (Å²) in [6.07, 6.45) is 0.916. The topological polar surface area (TPSA) is 26.0 Å². The van der Waals surface area contributed by atoms with Crippen LogP contribution in [0.15, 0.2) is 45.3 Å². The van der Waals surface area contributed by atoms with Crippen LogP contribution in [0.3, 0.4) is 0 Å². The SMILES string of the molecule is Cc1cc(Cc2cc(Br)cc(Br)c2)ccc1N. The maximum absolute atomic E-state index is 5.82. The van der Waals surface area contributed by atoms with E-state index in [1.165, 1.54) is 11.1 Å². The minimum atomic E-state index is 0.851. The van der Waals surface area contributed by atoms with Gasteiger partial charge in [-0.3, -0.25) is 0 Å². The van der Waals surface area contributed by atoms with Gasteiger partial charge in [-0.1, -0.05) is 44.0 Å². The van der Waals surface area contributed by atoms with Gasteiger partial charge in [0, 0.05) is 14.6 Å². The fraction of sp³-hybridized carbons (Fsp3) is 0.143. The zero-order valence-corrected chi connectivity index (χ0v) is 12.7. The first kappa shape index (κ1) is 12.7. The quantitative estimate of drug-likeness (QED) is 0.777. The number of benzene rings is 2. The van der Waals surface area contributed by atoms with E-state index in [4.69, 9.17) is 5.73 Å². The number of halogens is 2. The average Bonchev–Trinajstić information content (AvgIpc) is 2.22. The molecule has 0 fully saturated rings. The molecule has 0 bridgehead atoms. The van der Waals surface area contributed by atoms with Crippen molar-refractivity contribution in [1.29, 1.82) is 0 Å². The summed E-state index contributed by atoms with van der Waals surface area (Å²) in [5.74, 6) is 0. The molecule has 2 rings (SSSR count). The summed E-state index contributed by atoms with van der Waals surface area (Å²) in [6, 6.07) is 12.5. The fourth-order valence-electron chi connectivity index (χ4n) is 1.80. The molecule has 1 nitrogen and oxygen atoms in total. The number of hydrogen-bond donors (Lipinski definition) is 1. The van der Waals surface area contributed by atoms with E-state index in [0.29, 0.717) is 0 Å². The second-order valence-electron chi connectivity index (χ2n) is 4.15. The van der Waals surface area contributed by atoms with Crippen molar-refractivity contribution < 1.29 is 0 Å². The number of aryl methyl sites for hydroxylation is 1. The standard InChI is InChI=1S/C14H13Br2N/c1-9-4-10(2-3-14(9)17)5-11-6-12(15)8-13(16)7-11/h2-4,6-8H,5,17H2,1H3. The van der Waals surface area contributed by atoms with Gasteiger partial charge in [-0.15, -0.1) is 0 Å². The number of rotatable bonds is 2. The Morgan fingerprint density at radius 2 is 1.59 bits per heavy atom. The van der Waals surface area contributed by atoms with Crippen molar-refractivity contribution in [2.75, 3.05) is 5.73 Å². The van der Waals surface area contributed by atoms with E-state index in [1.807, 2.05) is 19.1 Å². The van der Waals surface area contributed by atoms with Crippen LogP contribution in [0.1, 0.15) is 16.7 Å². The summed E-state index contributed by atoms with van der Waals surface area (Å²) < 4.78 is 2.18. The van der Waals surface area contributed by atoms with Gasteiger partial charge >= 0.3 is 0 Å². The lowest BCUT2D eigenvalue weighted by atomic mass is 10.0. The van der Waals surface area contributed by atoms with Crippen molar-refractivity contribution in [1.82, 2.24) is 0 Å². The molecule has 0 saturated heterocycles. The van der Waals surface area contributed by atoms with Crippen molar-refractivity contribution in [3.05, 3.63) is 62.0 Å². The number of hydrogen-bond acceptors (Lipinski definition) is 1. The maximum atomic E-state index is 5.82. The molecule has 2 N–H and O–H groups in total. The third kappa shape index (κ3) is 3.33. The van der Waals surface area contributed by atoms with Gasteiger partial charge in [0.25, 0.3) is 0 Å². The molecule has 0 unspecified atom stereocenters. The predicted molar refractivity (Wildman–Crippen MR) is 80.2 cm³/mol. The molecule has 0 radical (unpaired) electrons. The molecular formula is C14H13Br2N. The van der Waals surface area contributed by atoms with E-state index < -0.39 is 0 Å². The Kier molecular flexibility index (Phi) is 3.89. The summed E-state index contributed by atoms with van der Waals surface area (Å²) >= 11 is 7.00. The molecule has 0 aliphatic rings. The second-order valence-corrected chi connectivity index (χ2v) is 5.98. The van der Waals surface area contributed by atoms with Gasteiger partial charge in [-0.2, -0.15) is 0 Å². The number of anilines is 1. The lowest BCUT2D eigenvalue weighted by Crippen LogP contribution is -1.93. The highest BCUT2D eigenvalue weighted by atomic mass is 79.9. The minimum absolute atomic E-state index is 0.851. The van der Waals surface area contributed by atoms with Gasteiger partial charge in [-0.05, 0) is 54.3 Å². The molecule has 0 aliphatic heterocycles. The highest BCUT2D eigenvalue weighted by molar-refractivity contribution is 9.11. The first-order valence-corrected chi connectivity index (χ1v) is 6.93. The Labute approximate surface area is 118 Å². The van der Waals surface area contributed by atoms with E-state index >= 15 is 0 Å². The Balaban J connectivity index is 2.28. The predicted octanol–water partition coefficient (Wildman–Crippen LogP) is 4.69. The van der Waals surface area contributed by atoms with Crippen LogP contribution in [0.25, 0.3) is 0 Å². The van der Waals surface area contributed by atoms with Gasteiger partial charge in [0.2, 0.25) is 0 Å². The van der Waals surface area contributed by atoms with E-state index in [2.05, 4.69) is 56.1 Å². The largest absolute Gasteiger partial charge is 0.399 e.